The fraction of sp³-hybridized carbons (Fsp3) is 0.913. The highest BCUT2D eigenvalue weighted by Crippen LogP contribution is 2.11. The molecule has 0 rings (SSSR count). The quantitative estimate of drug-likeness (QED) is 0.232. The Bertz CT molecular complexity index is 396. The zero-order valence-electron chi connectivity index (χ0n) is 19.1. The Kier molecular flexibility index (Phi) is 17.0. The molecule has 1 amide bonds. The Morgan fingerprint density at radius 3 is 1.79 bits per heavy atom. The molecule has 5 nitrogen and oxygen atoms in total. The van der Waals surface area contributed by atoms with E-state index < -0.39 is 12.1 Å². The number of rotatable bonds is 17. The second-order valence-corrected chi connectivity index (χ2v) is 8.67. The molecule has 0 heterocycles. The van der Waals surface area contributed by atoms with Crippen LogP contribution in [0.3, 0.4) is 0 Å². The van der Waals surface area contributed by atoms with E-state index in [2.05, 4.69) is 12.2 Å². The van der Waals surface area contributed by atoms with Crippen molar-refractivity contribution in [2.45, 2.75) is 111 Å². The third-order valence-electron chi connectivity index (χ3n) is 4.57. The smallest absolute Gasteiger partial charge is 0.407 e. The SMILES string of the molecule is CCCCCCCCCCCCOC(=O)[C@H](CC(C)C)NC(=O)OCC(C)C. The number of carbonyl (C=O) groups is 2. The molecule has 28 heavy (non-hydrogen) atoms. The Morgan fingerprint density at radius 2 is 1.29 bits per heavy atom. The number of hydrogen-bond acceptors (Lipinski definition) is 4. The summed E-state index contributed by atoms with van der Waals surface area (Å²) in [7, 11) is 0. The van der Waals surface area contributed by atoms with Gasteiger partial charge in [0.2, 0.25) is 0 Å². The summed E-state index contributed by atoms with van der Waals surface area (Å²) in [5, 5.41) is 2.66. The molecule has 0 radical (unpaired) electrons. The summed E-state index contributed by atoms with van der Waals surface area (Å²) in [5.74, 6) is 0.184. The van der Waals surface area contributed by atoms with Crippen LogP contribution in [0.5, 0.6) is 0 Å². The fourth-order valence-corrected chi connectivity index (χ4v) is 2.97. The molecule has 1 N–H and O–H groups in total. The van der Waals surface area contributed by atoms with Crippen molar-refractivity contribution < 1.29 is 19.1 Å². The van der Waals surface area contributed by atoms with Gasteiger partial charge in [0.25, 0.3) is 0 Å². The zero-order chi connectivity index (χ0) is 21.2. The van der Waals surface area contributed by atoms with Crippen LogP contribution in [0.1, 0.15) is 105 Å². The second-order valence-electron chi connectivity index (χ2n) is 8.67. The lowest BCUT2D eigenvalue weighted by atomic mass is 10.0. The Hall–Kier alpha value is -1.26. The van der Waals surface area contributed by atoms with Gasteiger partial charge in [-0.3, -0.25) is 0 Å². The van der Waals surface area contributed by atoms with Crippen molar-refractivity contribution in [3.8, 4) is 0 Å². The topological polar surface area (TPSA) is 64.6 Å². The van der Waals surface area contributed by atoms with Gasteiger partial charge in [-0.1, -0.05) is 92.4 Å². The van der Waals surface area contributed by atoms with Crippen LogP contribution >= 0.6 is 0 Å². The molecule has 0 spiro atoms. The molecule has 0 aromatic rings. The molecule has 0 bridgehead atoms. The number of hydrogen-bond donors (Lipinski definition) is 1. The van der Waals surface area contributed by atoms with Crippen molar-refractivity contribution in [3.63, 3.8) is 0 Å². The minimum absolute atomic E-state index is 0.262. The van der Waals surface area contributed by atoms with Gasteiger partial charge in [-0.15, -0.1) is 0 Å². The molecule has 0 aromatic carbocycles. The van der Waals surface area contributed by atoms with Crippen molar-refractivity contribution in [2.75, 3.05) is 13.2 Å². The standard InChI is InChI=1S/C23H45NO4/c1-6-7-8-9-10-11-12-13-14-15-16-27-22(25)21(17-19(2)3)24-23(26)28-18-20(4)5/h19-21H,6-18H2,1-5H3,(H,24,26)/t21-/m0/s1. The van der Waals surface area contributed by atoms with Crippen molar-refractivity contribution in [1.82, 2.24) is 5.32 Å². The third-order valence-corrected chi connectivity index (χ3v) is 4.57. The van der Waals surface area contributed by atoms with Crippen molar-refractivity contribution >= 4 is 12.1 Å². The van der Waals surface area contributed by atoms with Crippen LogP contribution in [0.4, 0.5) is 4.79 Å². The summed E-state index contributed by atoms with van der Waals surface area (Å²) in [6.07, 6.45) is 12.4. The van der Waals surface area contributed by atoms with E-state index in [1.165, 1.54) is 51.4 Å². The summed E-state index contributed by atoms with van der Waals surface area (Å²) < 4.78 is 10.5. The van der Waals surface area contributed by atoms with E-state index >= 15 is 0 Å². The minimum atomic E-state index is -0.636. The average Bonchev–Trinajstić information content (AvgIpc) is 2.63. The number of carbonyl (C=O) groups excluding carboxylic acids is 2. The molecule has 0 aliphatic heterocycles. The molecular weight excluding hydrogens is 354 g/mol. The predicted octanol–water partition coefficient (Wildman–Crippen LogP) is 6.25. The van der Waals surface area contributed by atoms with Gasteiger partial charge in [0, 0.05) is 0 Å². The molecule has 166 valence electrons. The van der Waals surface area contributed by atoms with E-state index in [0.717, 1.165) is 12.8 Å². The molecule has 0 unspecified atom stereocenters. The highest BCUT2D eigenvalue weighted by molar-refractivity contribution is 5.81. The lowest BCUT2D eigenvalue weighted by Gasteiger charge is -2.19. The average molecular weight is 400 g/mol. The van der Waals surface area contributed by atoms with Crippen LogP contribution in [-0.2, 0) is 14.3 Å². The summed E-state index contributed by atoms with van der Waals surface area (Å²) >= 11 is 0. The molecule has 0 fully saturated rings. The van der Waals surface area contributed by atoms with E-state index in [0.29, 0.717) is 19.6 Å². The van der Waals surface area contributed by atoms with Crippen LogP contribution in [0, 0.1) is 11.8 Å². The number of ether oxygens (including phenoxy) is 2. The van der Waals surface area contributed by atoms with Gasteiger partial charge in [-0.2, -0.15) is 0 Å². The first-order valence-corrected chi connectivity index (χ1v) is 11.5. The minimum Gasteiger partial charge on any atom is -0.464 e. The lowest BCUT2D eigenvalue weighted by Crippen LogP contribution is -2.43. The first kappa shape index (κ1) is 26.7. The van der Waals surface area contributed by atoms with Crippen LogP contribution in [-0.4, -0.2) is 31.3 Å². The number of alkyl carbamates (subject to hydrolysis) is 1. The van der Waals surface area contributed by atoms with Gasteiger partial charge in [-0.05, 0) is 24.7 Å². The predicted molar refractivity (Wildman–Crippen MR) is 115 cm³/mol. The highest BCUT2D eigenvalue weighted by Gasteiger charge is 2.24. The molecule has 0 aliphatic rings. The van der Waals surface area contributed by atoms with Gasteiger partial charge in [0.15, 0.2) is 0 Å². The van der Waals surface area contributed by atoms with Gasteiger partial charge >= 0.3 is 12.1 Å². The van der Waals surface area contributed by atoms with E-state index in [1.54, 1.807) is 0 Å². The Morgan fingerprint density at radius 1 is 0.750 bits per heavy atom. The van der Waals surface area contributed by atoms with Crippen LogP contribution < -0.4 is 5.32 Å². The van der Waals surface area contributed by atoms with Crippen molar-refractivity contribution in [1.29, 1.82) is 0 Å². The summed E-state index contributed by atoms with van der Waals surface area (Å²) in [4.78, 5) is 24.2. The molecule has 0 aliphatic carbocycles. The molecular formula is C23H45NO4. The van der Waals surface area contributed by atoms with E-state index in [-0.39, 0.29) is 17.8 Å². The normalized spacial score (nSPS) is 12.2. The highest BCUT2D eigenvalue weighted by atomic mass is 16.6. The number of nitrogens with one attached hydrogen (secondary N) is 1. The van der Waals surface area contributed by atoms with Crippen LogP contribution in [0.15, 0.2) is 0 Å². The van der Waals surface area contributed by atoms with Gasteiger partial charge in [0.05, 0.1) is 13.2 Å². The Labute approximate surface area is 173 Å². The summed E-state index contributed by atoms with van der Waals surface area (Å²) in [6.45, 7) is 11.0. The van der Waals surface area contributed by atoms with Crippen molar-refractivity contribution in [3.05, 3.63) is 0 Å². The largest absolute Gasteiger partial charge is 0.464 e. The monoisotopic (exact) mass is 399 g/mol. The summed E-state index contributed by atoms with van der Waals surface area (Å²) in [5.41, 5.74) is 0. The first-order chi connectivity index (χ1) is 13.4. The molecule has 0 aromatic heterocycles. The maximum atomic E-state index is 12.3. The molecule has 1 atom stereocenters. The number of unbranched alkanes of at least 4 members (excludes halogenated alkanes) is 9. The first-order valence-electron chi connectivity index (χ1n) is 11.5. The number of esters is 1. The van der Waals surface area contributed by atoms with E-state index in [1.807, 2.05) is 27.7 Å². The Balaban J connectivity index is 3.91. The molecule has 0 saturated carbocycles. The van der Waals surface area contributed by atoms with Crippen molar-refractivity contribution in [2.24, 2.45) is 11.8 Å². The lowest BCUT2D eigenvalue weighted by molar-refractivity contribution is -0.146. The van der Waals surface area contributed by atoms with Gasteiger partial charge < -0.3 is 14.8 Å². The molecule has 0 saturated heterocycles. The third kappa shape index (κ3) is 16.9. The van der Waals surface area contributed by atoms with Gasteiger partial charge in [-0.25, -0.2) is 9.59 Å². The molecule has 5 heteroatoms. The second kappa shape index (κ2) is 17.8. The van der Waals surface area contributed by atoms with E-state index in [9.17, 15) is 9.59 Å². The maximum Gasteiger partial charge on any atom is 0.407 e. The zero-order valence-corrected chi connectivity index (χ0v) is 19.1. The maximum absolute atomic E-state index is 12.3. The summed E-state index contributed by atoms with van der Waals surface area (Å²) in [6, 6.07) is -0.636. The number of amides is 1. The van der Waals surface area contributed by atoms with Gasteiger partial charge in [0.1, 0.15) is 6.04 Å². The van der Waals surface area contributed by atoms with E-state index in [4.69, 9.17) is 9.47 Å². The fourth-order valence-electron chi connectivity index (χ4n) is 2.97. The van der Waals surface area contributed by atoms with Crippen LogP contribution in [0.2, 0.25) is 0 Å². The van der Waals surface area contributed by atoms with Crippen LogP contribution in [0.25, 0.3) is 0 Å².